The Morgan fingerprint density at radius 1 is 1.26 bits per heavy atom. The minimum atomic E-state index is -2.63. The smallest absolute Gasteiger partial charge is 0.255 e. The second kappa shape index (κ2) is 8.21. The number of amides is 1. The Morgan fingerprint density at radius 3 is 2.56 bits per heavy atom. The number of ketones is 2. The minimum absolute atomic E-state index is 0.0329. The van der Waals surface area contributed by atoms with E-state index in [9.17, 15) is 34.8 Å². The van der Waals surface area contributed by atoms with E-state index in [2.05, 4.69) is 5.32 Å². The number of Topliss-reactive ketones (excluding diaryl/α,β-unsaturated/α-hetero) is 2. The molecular weight excluding hydrogens is 447 g/mol. The fourth-order valence-electron chi connectivity index (χ4n) is 5.35. The number of aromatic hydroxyl groups is 1. The van der Waals surface area contributed by atoms with Gasteiger partial charge >= 0.3 is 0 Å². The zero-order chi connectivity index (χ0) is 25.1. The summed E-state index contributed by atoms with van der Waals surface area (Å²) < 4.78 is 15.4. The highest BCUT2D eigenvalue weighted by Crippen LogP contribution is 2.52. The predicted molar refractivity (Wildman–Crippen MR) is 118 cm³/mol. The van der Waals surface area contributed by atoms with Gasteiger partial charge in [0, 0.05) is 35.6 Å². The summed E-state index contributed by atoms with van der Waals surface area (Å²) in [4.78, 5) is 37.4. The quantitative estimate of drug-likeness (QED) is 0.347. The summed E-state index contributed by atoms with van der Waals surface area (Å²) in [5.41, 5.74) is 1.36. The van der Waals surface area contributed by atoms with Crippen molar-refractivity contribution in [3.63, 3.8) is 0 Å². The average molecular weight is 474 g/mol. The fraction of sp³-hybridized carbons (Fsp3) is 0.458. The topological polar surface area (TPSA) is 170 Å². The van der Waals surface area contributed by atoms with Crippen molar-refractivity contribution in [3.8, 4) is 5.75 Å². The number of halogens is 1. The van der Waals surface area contributed by atoms with Crippen LogP contribution in [0.3, 0.4) is 0 Å². The van der Waals surface area contributed by atoms with Gasteiger partial charge in [-0.3, -0.25) is 14.4 Å². The molecule has 7 N–H and O–H groups in total. The molecule has 3 aliphatic rings. The summed E-state index contributed by atoms with van der Waals surface area (Å²) >= 11 is 0. The monoisotopic (exact) mass is 474 g/mol. The molecule has 0 heterocycles. The van der Waals surface area contributed by atoms with Gasteiger partial charge in [-0.15, -0.1) is 0 Å². The number of rotatable bonds is 5. The van der Waals surface area contributed by atoms with Crippen LogP contribution in [0.4, 0.5) is 4.39 Å². The number of nitrogens with one attached hydrogen (secondary N) is 1. The molecule has 4 rings (SSSR count). The lowest BCUT2D eigenvalue weighted by molar-refractivity contribution is -0.147. The molecule has 1 fully saturated rings. The lowest BCUT2D eigenvalue weighted by Gasteiger charge is -2.46. The van der Waals surface area contributed by atoms with Gasteiger partial charge in [-0.2, -0.15) is 0 Å². The molecule has 0 aromatic heterocycles. The van der Waals surface area contributed by atoms with Crippen molar-refractivity contribution in [3.05, 3.63) is 45.5 Å². The van der Waals surface area contributed by atoms with Gasteiger partial charge in [-0.05, 0) is 37.3 Å². The van der Waals surface area contributed by atoms with Crippen LogP contribution in [0.5, 0.6) is 5.75 Å². The molecule has 3 atom stereocenters. The van der Waals surface area contributed by atoms with E-state index in [1.54, 1.807) is 0 Å². The molecule has 9 nitrogen and oxygen atoms in total. The van der Waals surface area contributed by atoms with Gasteiger partial charge < -0.3 is 31.5 Å². The third-order valence-corrected chi connectivity index (χ3v) is 6.94. The van der Waals surface area contributed by atoms with E-state index in [0.29, 0.717) is 12.5 Å². The van der Waals surface area contributed by atoms with Crippen LogP contribution in [0.15, 0.2) is 23.0 Å². The highest BCUT2D eigenvalue weighted by molar-refractivity contribution is 6.22. The molecule has 1 saturated carbocycles. The maximum atomic E-state index is 15.4. The number of nitrogens with two attached hydrogens (primary N) is 1. The number of phenols is 1. The molecule has 1 amide bonds. The second-order valence-electron chi connectivity index (χ2n) is 9.65. The Morgan fingerprint density at radius 2 is 1.94 bits per heavy atom. The van der Waals surface area contributed by atoms with E-state index >= 15 is 4.39 Å². The van der Waals surface area contributed by atoms with Crippen LogP contribution >= 0.6 is 0 Å². The number of hydrogen-bond donors (Lipinski definition) is 6. The highest BCUT2D eigenvalue weighted by atomic mass is 19.1. The number of carbonyl (C=O) groups is 3. The van der Waals surface area contributed by atoms with Gasteiger partial charge in [0.2, 0.25) is 5.78 Å². The molecule has 182 valence electrons. The minimum Gasteiger partial charge on any atom is -0.508 e. The van der Waals surface area contributed by atoms with Gasteiger partial charge in [-0.25, -0.2) is 4.39 Å². The van der Waals surface area contributed by atoms with Gasteiger partial charge in [-0.1, -0.05) is 13.8 Å². The van der Waals surface area contributed by atoms with Crippen molar-refractivity contribution in [1.82, 2.24) is 5.32 Å². The van der Waals surface area contributed by atoms with Gasteiger partial charge in [0.1, 0.15) is 28.7 Å². The third-order valence-electron chi connectivity index (χ3n) is 6.94. The van der Waals surface area contributed by atoms with Crippen molar-refractivity contribution in [2.75, 3.05) is 6.54 Å². The Hall–Kier alpha value is -3.24. The average Bonchev–Trinajstić information content (AvgIpc) is 2.73. The summed E-state index contributed by atoms with van der Waals surface area (Å²) in [6.07, 6.45) is -0.528. The summed E-state index contributed by atoms with van der Waals surface area (Å²) in [6, 6.07) is 1.17. The van der Waals surface area contributed by atoms with Crippen molar-refractivity contribution in [2.45, 2.75) is 45.3 Å². The van der Waals surface area contributed by atoms with E-state index in [1.165, 1.54) is 6.07 Å². The first-order valence-corrected chi connectivity index (χ1v) is 11.1. The molecule has 10 heteroatoms. The van der Waals surface area contributed by atoms with Crippen LogP contribution in [0.1, 0.15) is 43.4 Å². The standard InChI is InChI=1S/C24H27FN2O7/c1-9(2)7-27-8-11-5-14(28)17-13(19(11)25)4-10-3-12-6-15(29)18(23(26)33)22(32)24(12,34)21(31)16(10)20(17)30/h5,9-10,12,27-28,30,32,34H,3-4,6-8H2,1-2H3,(H2,26,33)/t10?,12-,24-/m0/s1. The molecule has 34 heavy (non-hydrogen) atoms. The van der Waals surface area contributed by atoms with Crippen molar-refractivity contribution >= 4 is 23.2 Å². The molecular formula is C24H27FN2O7. The molecule has 0 spiro atoms. The zero-order valence-electron chi connectivity index (χ0n) is 18.8. The largest absolute Gasteiger partial charge is 0.508 e. The Balaban J connectivity index is 1.81. The molecule has 0 bridgehead atoms. The number of aliphatic hydroxyl groups is 3. The van der Waals surface area contributed by atoms with Crippen LogP contribution in [0.2, 0.25) is 0 Å². The maximum absolute atomic E-state index is 15.4. The van der Waals surface area contributed by atoms with E-state index < -0.39 is 70.0 Å². The van der Waals surface area contributed by atoms with E-state index in [4.69, 9.17) is 5.73 Å². The fourth-order valence-corrected chi connectivity index (χ4v) is 5.35. The Kier molecular flexibility index (Phi) is 5.77. The number of benzene rings is 1. The van der Waals surface area contributed by atoms with Gasteiger partial charge in [0.25, 0.3) is 5.91 Å². The molecule has 1 unspecified atom stereocenters. The summed E-state index contributed by atoms with van der Waals surface area (Å²) in [5, 5.41) is 46.3. The first-order valence-electron chi connectivity index (χ1n) is 11.1. The van der Waals surface area contributed by atoms with Crippen LogP contribution in [-0.2, 0) is 27.3 Å². The van der Waals surface area contributed by atoms with Crippen LogP contribution in [0, 0.1) is 23.6 Å². The van der Waals surface area contributed by atoms with Gasteiger partial charge in [0.15, 0.2) is 11.4 Å². The summed E-state index contributed by atoms with van der Waals surface area (Å²) in [6.45, 7) is 4.77. The lowest BCUT2D eigenvalue weighted by Crippen LogP contribution is -2.58. The number of primary amides is 1. The van der Waals surface area contributed by atoms with Crippen molar-refractivity contribution in [2.24, 2.45) is 23.5 Å². The second-order valence-corrected chi connectivity index (χ2v) is 9.65. The van der Waals surface area contributed by atoms with Crippen LogP contribution < -0.4 is 11.1 Å². The lowest BCUT2D eigenvalue weighted by atomic mass is 9.59. The number of aliphatic hydroxyl groups excluding tert-OH is 2. The maximum Gasteiger partial charge on any atom is 0.255 e. The predicted octanol–water partition coefficient (Wildman–Crippen LogP) is 1.31. The summed E-state index contributed by atoms with van der Waals surface area (Å²) in [7, 11) is 0. The molecule has 3 aliphatic carbocycles. The number of fused-ring (bicyclic) bond motifs is 3. The van der Waals surface area contributed by atoms with Gasteiger partial charge in [0.05, 0.1) is 5.56 Å². The molecule has 1 aromatic carbocycles. The number of phenolic OH excluding ortho intramolecular Hbond substituents is 1. The Labute approximate surface area is 194 Å². The highest BCUT2D eigenvalue weighted by Gasteiger charge is 2.60. The van der Waals surface area contributed by atoms with Crippen molar-refractivity contribution < 1.29 is 39.2 Å². The first kappa shape index (κ1) is 23.9. The molecule has 0 saturated heterocycles. The first-order chi connectivity index (χ1) is 15.9. The Bertz CT molecular complexity index is 1190. The molecule has 0 aliphatic heterocycles. The van der Waals surface area contributed by atoms with E-state index in [1.807, 2.05) is 13.8 Å². The number of hydrogen-bond acceptors (Lipinski definition) is 8. The summed E-state index contributed by atoms with van der Waals surface area (Å²) in [5.74, 6) is -7.62. The molecule has 0 radical (unpaired) electrons. The molecule has 1 aromatic rings. The van der Waals surface area contributed by atoms with E-state index in [-0.39, 0.29) is 41.6 Å². The van der Waals surface area contributed by atoms with Crippen LogP contribution in [0.25, 0.3) is 5.76 Å². The normalized spacial score (nSPS) is 26.5. The van der Waals surface area contributed by atoms with Crippen LogP contribution in [-0.4, -0.2) is 50.0 Å². The van der Waals surface area contributed by atoms with E-state index in [0.717, 1.165) is 0 Å². The third kappa shape index (κ3) is 3.40. The number of carbonyl (C=O) groups excluding carboxylic acids is 3. The van der Waals surface area contributed by atoms with Crippen molar-refractivity contribution in [1.29, 1.82) is 0 Å². The zero-order valence-corrected chi connectivity index (χ0v) is 18.8. The SMILES string of the molecule is CC(C)CNCc1cc(O)c2c(c1F)CC1C[C@H]3CC(=O)C(C(N)=O)=C(O)[C@@]3(O)C(=O)C1=C2O.